The minimum Gasteiger partial charge on any atom is -0.494 e. The van der Waals surface area contributed by atoms with Gasteiger partial charge in [0, 0.05) is 22.5 Å². The molecule has 6 heteroatoms. The molecule has 0 bridgehead atoms. The third-order valence-electron chi connectivity index (χ3n) is 4.52. The van der Waals surface area contributed by atoms with Crippen LogP contribution in [0.3, 0.4) is 0 Å². The van der Waals surface area contributed by atoms with Crippen molar-refractivity contribution in [3.8, 4) is 17.0 Å². The van der Waals surface area contributed by atoms with Gasteiger partial charge in [-0.3, -0.25) is 4.79 Å². The molecule has 1 amide bonds. The smallest absolute Gasteiger partial charge is 0.230 e. The average Bonchev–Trinajstić information content (AvgIpc) is 3.09. The number of rotatable bonds is 6. The Labute approximate surface area is 173 Å². The zero-order valence-electron chi connectivity index (χ0n) is 15.9. The number of hydrogen-bond donors (Lipinski definition) is 1. The molecule has 0 unspecified atom stereocenters. The molecule has 0 radical (unpaired) electrons. The average molecular weight is 406 g/mol. The standard InChI is InChI=1S/C23H20ClN3O2/c1-2-29-19-12-10-18(11-13-19)25-22(28)15-20-23(16-6-8-17(24)9-7-16)26-21-5-3-4-14-27(20)21/h3-14H,2,15H2,1H3,(H,25,28). The molecule has 0 atom stereocenters. The quantitative estimate of drug-likeness (QED) is 0.477. The maximum atomic E-state index is 12.8. The van der Waals surface area contributed by atoms with Crippen molar-refractivity contribution in [1.82, 2.24) is 9.38 Å². The summed E-state index contributed by atoms with van der Waals surface area (Å²) in [6.45, 7) is 2.54. The van der Waals surface area contributed by atoms with Gasteiger partial charge in [-0.2, -0.15) is 0 Å². The lowest BCUT2D eigenvalue weighted by molar-refractivity contribution is -0.115. The number of hydrogen-bond acceptors (Lipinski definition) is 3. The molecular weight excluding hydrogens is 386 g/mol. The summed E-state index contributed by atoms with van der Waals surface area (Å²) in [5, 5.41) is 3.60. The van der Waals surface area contributed by atoms with E-state index in [-0.39, 0.29) is 12.3 Å². The van der Waals surface area contributed by atoms with Crippen molar-refractivity contribution in [3.05, 3.63) is 83.6 Å². The van der Waals surface area contributed by atoms with Gasteiger partial charge in [0.25, 0.3) is 0 Å². The Morgan fingerprint density at radius 2 is 1.83 bits per heavy atom. The van der Waals surface area contributed by atoms with Gasteiger partial charge in [-0.05, 0) is 55.5 Å². The predicted octanol–water partition coefficient (Wildman–Crippen LogP) is 5.23. The number of carbonyl (C=O) groups excluding carboxylic acids is 1. The Hall–Kier alpha value is -3.31. The SMILES string of the molecule is CCOc1ccc(NC(=O)Cc2c(-c3ccc(Cl)cc3)nc3ccccn23)cc1. The first-order valence-electron chi connectivity index (χ1n) is 9.38. The largest absolute Gasteiger partial charge is 0.494 e. The second-order valence-corrected chi connectivity index (χ2v) is 6.96. The number of carbonyl (C=O) groups is 1. The molecule has 1 N–H and O–H groups in total. The summed E-state index contributed by atoms with van der Waals surface area (Å²) in [5.74, 6) is 0.660. The number of aromatic nitrogens is 2. The molecule has 4 rings (SSSR count). The maximum Gasteiger partial charge on any atom is 0.230 e. The zero-order chi connectivity index (χ0) is 20.2. The molecule has 29 heavy (non-hydrogen) atoms. The van der Waals surface area contributed by atoms with E-state index < -0.39 is 0 Å². The van der Waals surface area contributed by atoms with Crippen molar-refractivity contribution < 1.29 is 9.53 Å². The topological polar surface area (TPSA) is 55.6 Å². The second kappa shape index (κ2) is 8.37. The van der Waals surface area contributed by atoms with Crippen molar-refractivity contribution in [2.24, 2.45) is 0 Å². The lowest BCUT2D eigenvalue weighted by Gasteiger charge is -2.09. The normalized spacial score (nSPS) is 10.8. The van der Waals surface area contributed by atoms with E-state index in [2.05, 4.69) is 5.32 Å². The van der Waals surface area contributed by atoms with E-state index in [1.54, 1.807) is 0 Å². The number of imidazole rings is 1. The van der Waals surface area contributed by atoms with Crippen LogP contribution in [0, 0.1) is 0 Å². The highest BCUT2D eigenvalue weighted by molar-refractivity contribution is 6.30. The minimum absolute atomic E-state index is 0.116. The first kappa shape index (κ1) is 19.0. The van der Waals surface area contributed by atoms with Crippen molar-refractivity contribution >= 4 is 28.8 Å². The fraction of sp³-hybridized carbons (Fsp3) is 0.130. The number of anilines is 1. The number of pyridine rings is 1. The number of amides is 1. The van der Waals surface area contributed by atoms with Crippen LogP contribution in [0.5, 0.6) is 5.75 Å². The first-order valence-corrected chi connectivity index (χ1v) is 9.76. The highest BCUT2D eigenvalue weighted by atomic mass is 35.5. The molecule has 0 saturated carbocycles. The lowest BCUT2D eigenvalue weighted by Crippen LogP contribution is -2.16. The van der Waals surface area contributed by atoms with Crippen LogP contribution in [0.1, 0.15) is 12.6 Å². The van der Waals surface area contributed by atoms with Crippen LogP contribution in [-0.2, 0) is 11.2 Å². The van der Waals surface area contributed by atoms with Gasteiger partial charge in [0.1, 0.15) is 11.4 Å². The van der Waals surface area contributed by atoms with Crippen molar-refractivity contribution in [1.29, 1.82) is 0 Å². The monoisotopic (exact) mass is 405 g/mol. The number of benzene rings is 2. The van der Waals surface area contributed by atoms with Gasteiger partial charge in [-0.15, -0.1) is 0 Å². The number of nitrogens with one attached hydrogen (secondary N) is 1. The maximum absolute atomic E-state index is 12.8. The molecule has 0 aliphatic carbocycles. The fourth-order valence-electron chi connectivity index (χ4n) is 3.21. The molecule has 146 valence electrons. The van der Waals surface area contributed by atoms with Gasteiger partial charge >= 0.3 is 0 Å². The Morgan fingerprint density at radius 1 is 1.07 bits per heavy atom. The molecule has 0 aliphatic heterocycles. The molecule has 5 nitrogen and oxygen atoms in total. The highest BCUT2D eigenvalue weighted by Crippen LogP contribution is 2.26. The summed E-state index contributed by atoms with van der Waals surface area (Å²) in [7, 11) is 0. The fourth-order valence-corrected chi connectivity index (χ4v) is 3.34. The Bertz CT molecular complexity index is 1140. The van der Waals surface area contributed by atoms with Gasteiger partial charge in [0.15, 0.2) is 0 Å². The van der Waals surface area contributed by atoms with E-state index in [4.69, 9.17) is 21.3 Å². The first-order chi connectivity index (χ1) is 14.1. The van der Waals surface area contributed by atoms with E-state index in [9.17, 15) is 4.79 Å². The zero-order valence-corrected chi connectivity index (χ0v) is 16.7. The third kappa shape index (κ3) is 4.25. The number of ether oxygens (including phenoxy) is 1. The summed E-state index contributed by atoms with van der Waals surface area (Å²) in [6, 6.07) is 20.6. The number of fused-ring (bicyclic) bond motifs is 1. The molecule has 4 aromatic rings. The summed E-state index contributed by atoms with van der Waals surface area (Å²) < 4.78 is 7.38. The molecule has 0 fully saturated rings. The summed E-state index contributed by atoms with van der Waals surface area (Å²) in [5.41, 5.74) is 4.03. The van der Waals surface area contributed by atoms with Crippen molar-refractivity contribution in [3.63, 3.8) is 0 Å². The van der Waals surface area contributed by atoms with Crippen LogP contribution in [-0.4, -0.2) is 21.9 Å². The van der Waals surface area contributed by atoms with Crippen LogP contribution >= 0.6 is 11.6 Å². The van der Waals surface area contributed by atoms with Gasteiger partial charge in [0.2, 0.25) is 5.91 Å². The molecule has 0 aliphatic rings. The molecular formula is C23H20ClN3O2. The Balaban J connectivity index is 1.61. The van der Waals surface area contributed by atoms with E-state index in [0.29, 0.717) is 11.6 Å². The summed E-state index contributed by atoms with van der Waals surface area (Å²) >= 11 is 6.02. The predicted molar refractivity (Wildman–Crippen MR) is 116 cm³/mol. The molecule has 0 saturated heterocycles. The van der Waals surface area contributed by atoms with Crippen molar-refractivity contribution in [2.75, 3.05) is 11.9 Å². The van der Waals surface area contributed by atoms with Crippen LogP contribution in [0.25, 0.3) is 16.9 Å². The van der Waals surface area contributed by atoms with Crippen LogP contribution in [0.4, 0.5) is 5.69 Å². The van der Waals surface area contributed by atoms with E-state index >= 15 is 0 Å². The van der Waals surface area contributed by atoms with Gasteiger partial charge in [0.05, 0.1) is 24.4 Å². The van der Waals surface area contributed by atoms with Crippen LogP contribution in [0.15, 0.2) is 72.9 Å². The summed E-state index contributed by atoms with van der Waals surface area (Å²) in [4.78, 5) is 17.5. The van der Waals surface area contributed by atoms with E-state index in [1.807, 2.05) is 84.3 Å². The second-order valence-electron chi connectivity index (χ2n) is 6.53. The molecule has 2 heterocycles. The minimum atomic E-state index is -0.116. The number of nitrogens with zero attached hydrogens (tertiary/aromatic N) is 2. The Kier molecular flexibility index (Phi) is 5.49. The summed E-state index contributed by atoms with van der Waals surface area (Å²) in [6.07, 6.45) is 2.11. The molecule has 2 aromatic carbocycles. The van der Waals surface area contributed by atoms with Crippen LogP contribution < -0.4 is 10.1 Å². The van der Waals surface area contributed by atoms with Gasteiger partial charge in [-0.1, -0.05) is 29.8 Å². The van der Waals surface area contributed by atoms with Gasteiger partial charge in [-0.25, -0.2) is 4.98 Å². The van der Waals surface area contributed by atoms with Crippen LogP contribution in [0.2, 0.25) is 5.02 Å². The molecule has 0 spiro atoms. The van der Waals surface area contributed by atoms with E-state index in [0.717, 1.165) is 34.0 Å². The Morgan fingerprint density at radius 3 is 2.55 bits per heavy atom. The van der Waals surface area contributed by atoms with E-state index in [1.165, 1.54) is 0 Å². The number of halogens is 1. The van der Waals surface area contributed by atoms with Crippen molar-refractivity contribution in [2.45, 2.75) is 13.3 Å². The molecule has 2 aromatic heterocycles. The lowest BCUT2D eigenvalue weighted by atomic mass is 10.1. The highest BCUT2D eigenvalue weighted by Gasteiger charge is 2.17. The third-order valence-corrected chi connectivity index (χ3v) is 4.78. The van der Waals surface area contributed by atoms with Gasteiger partial charge < -0.3 is 14.5 Å².